The van der Waals surface area contributed by atoms with Gasteiger partial charge in [0, 0.05) is 37.9 Å². The number of amides is 1. The van der Waals surface area contributed by atoms with Crippen LogP contribution in [0.4, 0.5) is 18.9 Å². The number of carbonyl (C=O) groups excluding carboxylic acids is 2. The first kappa shape index (κ1) is 26.6. The van der Waals surface area contributed by atoms with E-state index in [9.17, 15) is 22.8 Å². The SMILES string of the molecule is Cc1cncc(-c2nnc(CC(=O)c3ccc(OC(F)(F)F)c(NC(=O)CN4CCN(C)CC4)c3)s2)n1. The lowest BCUT2D eigenvalue weighted by Crippen LogP contribution is -2.47. The van der Waals surface area contributed by atoms with Crippen molar-refractivity contribution in [3.8, 4) is 16.5 Å². The van der Waals surface area contributed by atoms with E-state index in [0.717, 1.165) is 19.2 Å². The number of anilines is 1. The number of hydrogen-bond acceptors (Lipinski definition) is 10. The minimum Gasteiger partial charge on any atom is -0.404 e. The van der Waals surface area contributed by atoms with E-state index in [4.69, 9.17) is 0 Å². The summed E-state index contributed by atoms with van der Waals surface area (Å²) in [6, 6.07) is 3.41. The normalized spacial score (nSPS) is 14.9. The molecule has 4 rings (SSSR count). The van der Waals surface area contributed by atoms with E-state index < -0.39 is 23.8 Å². The zero-order valence-corrected chi connectivity index (χ0v) is 20.9. The first-order valence-electron chi connectivity index (χ1n) is 11.3. The fourth-order valence-electron chi connectivity index (χ4n) is 3.65. The molecule has 2 aromatic heterocycles. The summed E-state index contributed by atoms with van der Waals surface area (Å²) in [5.74, 6) is -1.52. The quantitative estimate of drug-likeness (QED) is 0.435. The number of piperazine rings is 1. The van der Waals surface area contributed by atoms with Crippen LogP contribution >= 0.6 is 11.3 Å². The fraction of sp³-hybridized carbons (Fsp3) is 0.391. The molecule has 0 atom stereocenters. The van der Waals surface area contributed by atoms with Crippen molar-refractivity contribution in [3.05, 3.63) is 46.9 Å². The van der Waals surface area contributed by atoms with Crippen molar-refractivity contribution in [1.82, 2.24) is 30.0 Å². The maximum absolute atomic E-state index is 12.9. The molecule has 1 amide bonds. The zero-order valence-electron chi connectivity index (χ0n) is 20.1. The van der Waals surface area contributed by atoms with E-state index in [1.54, 1.807) is 13.1 Å². The Morgan fingerprint density at radius 3 is 2.59 bits per heavy atom. The summed E-state index contributed by atoms with van der Waals surface area (Å²) >= 11 is 1.17. The average Bonchev–Trinajstić information content (AvgIpc) is 3.29. The van der Waals surface area contributed by atoms with Crippen LogP contribution in [0.1, 0.15) is 21.1 Å². The number of Topliss-reactive ketones (excluding diaryl/α,β-unsaturated/α-hetero) is 1. The largest absolute Gasteiger partial charge is 0.573 e. The third-order valence-corrected chi connectivity index (χ3v) is 6.46. The third kappa shape index (κ3) is 7.50. The molecular formula is C23H24F3N7O3S. The van der Waals surface area contributed by atoms with Crippen LogP contribution in [0, 0.1) is 6.92 Å². The summed E-state index contributed by atoms with van der Waals surface area (Å²) in [6.45, 7) is 4.67. The van der Waals surface area contributed by atoms with E-state index >= 15 is 0 Å². The molecule has 0 unspecified atom stereocenters. The van der Waals surface area contributed by atoms with Crippen LogP contribution in [0.2, 0.25) is 0 Å². The van der Waals surface area contributed by atoms with Crippen molar-refractivity contribution >= 4 is 28.7 Å². The summed E-state index contributed by atoms with van der Waals surface area (Å²) in [6.07, 6.45) is -1.96. The van der Waals surface area contributed by atoms with Gasteiger partial charge in [-0.15, -0.1) is 23.4 Å². The number of hydrogen-bond donors (Lipinski definition) is 1. The lowest BCUT2D eigenvalue weighted by molar-refractivity contribution is -0.274. The Balaban J connectivity index is 1.48. The summed E-state index contributed by atoms with van der Waals surface area (Å²) in [5, 5.41) is 11.4. The Hall–Kier alpha value is -3.49. The van der Waals surface area contributed by atoms with E-state index in [0.29, 0.717) is 34.5 Å². The van der Waals surface area contributed by atoms with Crippen molar-refractivity contribution in [2.75, 3.05) is 45.1 Å². The smallest absolute Gasteiger partial charge is 0.404 e. The van der Waals surface area contributed by atoms with Crippen molar-refractivity contribution in [2.45, 2.75) is 19.7 Å². The number of carbonyl (C=O) groups is 2. The highest BCUT2D eigenvalue weighted by molar-refractivity contribution is 7.14. The van der Waals surface area contributed by atoms with Crippen LogP contribution < -0.4 is 10.1 Å². The van der Waals surface area contributed by atoms with Crippen LogP contribution in [0.3, 0.4) is 0 Å². The molecule has 0 saturated carbocycles. The van der Waals surface area contributed by atoms with Gasteiger partial charge in [-0.1, -0.05) is 11.3 Å². The van der Waals surface area contributed by atoms with E-state index in [2.05, 4.69) is 35.1 Å². The predicted octanol–water partition coefficient (Wildman–Crippen LogP) is 2.81. The second-order valence-electron chi connectivity index (χ2n) is 8.53. The van der Waals surface area contributed by atoms with E-state index in [1.165, 1.54) is 29.7 Å². The maximum atomic E-state index is 12.9. The lowest BCUT2D eigenvalue weighted by atomic mass is 10.1. The molecule has 1 saturated heterocycles. The Labute approximate surface area is 214 Å². The summed E-state index contributed by atoms with van der Waals surface area (Å²) in [7, 11) is 1.97. The van der Waals surface area contributed by atoms with Gasteiger partial charge in [0.1, 0.15) is 10.7 Å². The number of ketones is 1. The molecule has 196 valence electrons. The molecule has 3 heterocycles. The standard InChI is InChI=1S/C23H24F3N7O3S/c1-14-11-27-12-17(28-14)22-31-30-21(37-22)10-18(34)15-3-4-19(36-23(24,25)26)16(9-15)29-20(35)13-33-7-5-32(2)6-8-33/h3-4,9,11-12H,5-8,10,13H2,1-2H3,(H,29,35). The van der Waals surface area contributed by atoms with Gasteiger partial charge in [-0.25, -0.2) is 4.98 Å². The van der Waals surface area contributed by atoms with Gasteiger partial charge in [-0.3, -0.25) is 19.5 Å². The second kappa shape index (κ2) is 11.3. The van der Waals surface area contributed by atoms with Crippen LogP contribution in [0.15, 0.2) is 30.6 Å². The highest BCUT2D eigenvalue weighted by Crippen LogP contribution is 2.32. The Morgan fingerprint density at radius 1 is 1.14 bits per heavy atom. The van der Waals surface area contributed by atoms with Crippen molar-refractivity contribution in [2.24, 2.45) is 0 Å². The second-order valence-corrected chi connectivity index (χ2v) is 9.60. The minimum absolute atomic E-state index is 0.00683. The number of benzene rings is 1. The summed E-state index contributed by atoms with van der Waals surface area (Å²) < 4.78 is 42.9. The number of aromatic nitrogens is 4. The number of likely N-dealkylation sites (N-methyl/N-ethyl adjacent to an activating group) is 1. The zero-order chi connectivity index (χ0) is 26.6. The number of nitrogens with one attached hydrogen (secondary N) is 1. The van der Waals surface area contributed by atoms with Crippen molar-refractivity contribution < 1.29 is 27.5 Å². The number of nitrogens with zero attached hydrogens (tertiary/aromatic N) is 6. The van der Waals surface area contributed by atoms with E-state index in [-0.39, 0.29) is 24.2 Å². The number of alkyl halides is 3. The number of ether oxygens (including phenoxy) is 1. The summed E-state index contributed by atoms with van der Waals surface area (Å²) in [4.78, 5) is 37.9. The summed E-state index contributed by atoms with van der Waals surface area (Å²) in [5.41, 5.74) is 1.08. The highest BCUT2D eigenvalue weighted by Gasteiger charge is 2.33. The molecular weight excluding hydrogens is 511 g/mol. The van der Waals surface area contributed by atoms with Crippen LogP contribution in [0.5, 0.6) is 5.75 Å². The van der Waals surface area contributed by atoms with Gasteiger partial charge in [0.05, 0.1) is 30.5 Å². The third-order valence-electron chi connectivity index (χ3n) is 5.52. The molecule has 37 heavy (non-hydrogen) atoms. The lowest BCUT2D eigenvalue weighted by Gasteiger charge is -2.31. The number of aryl methyl sites for hydroxylation is 1. The minimum atomic E-state index is -4.97. The van der Waals surface area contributed by atoms with Gasteiger partial charge in [0.2, 0.25) is 5.91 Å². The fourth-order valence-corrected chi connectivity index (χ4v) is 4.44. The molecule has 1 aliphatic heterocycles. The van der Waals surface area contributed by atoms with Gasteiger partial charge in [-0.05, 0) is 32.2 Å². The molecule has 0 bridgehead atoms. The first-order valence-corrected chi connectivity index (χ1v) is 12.1. The average molecular weight is 536 g/mol. The molecule has 0 aliphatic carbocycles. The van der Waals surface area contributed by atoms with Gasteiger partial charge >= 0.3 is 6.36 Å². The monoisotopic (exact) mass is 535 g/mol. The Bertz CT molecular complexity index is 1280. The number of rotatable bonds is 8. The van der Waals surface area contributed by atoms with Gasteiger partial charge in [-0.2, -0.15) is 0 Å². The molecule has 1 aliphatic rings. The molecule has 1 N–H and O–H groups in total. The van der Waals surface area contributed by atoms with Crippen molar-refractivity contribution in [3.63, 3.8) is 0 Å². The maximum Gasteiger partial charge on any atom is 0.573 e. The van der Waals surface area contributed by atoms with Crippen LogP contribution in [0.25, 0.3) is 10.7 Å². The highest BCUT2D eigenvalue weighted by atomic mass is 32.1. The predicted molar refractivity (Wildman–Crippen MR) is 129 cm³/mol. The van der Waals surface area contributed by atoms with E-state index in [1.807, 2.05) is 11.9 Å². The van der Waals surface area contributed by atoms with Crippen molar-refractivity contribution in [1.29, 1.82) is 0 Å². The Kier molecular flexibility index (Phi) is 8.10. The molecule has 10 nitrogen and oxygen atoms in total. The molecule has 1 fully saturated rings. The molecule has 0 radical (unpaired) electrons. The van der Waals surface area contributed by atoms with Gasteiger partial charge in [0.15, 0.2) is 16.5 Å². The molecule has 14 heteroatoms. The molecule has 0 spiro atoms. The molecule has 1 aromatic carbocycles. The van der Waals surface area contributed by atoms with Crippen LogP contribution in [-0.4, -0.2) is 87.8 Å². The molecule has 3 aromatic rings. The van der Waals surface area contributed by atoms with Crippen LogP contribution in [-0.2, 0) is 11.2 Å². The first-order chi connectivity index (χ1) is 17.6. The van der Waals surface area contributed by atoms with Gasteiger partial charge in [0.25, 0.3) is 0 Å². The topological polar surface area (TPSA) is 113 Å². The number of halogens is 3. The Morgan fingerprint density at radius 2 is 1.89 bits per heavy atom. The van der Waals surface area contributed by atoms with Gasteiger partial charge < -0.3 is 15.0 Å².